The minimum absolute atomic E-state index is 0.479. The Balaban J connectivity index is 0.512. The molecule has 4 heteroatoms. The predicted molar refractivity (Wildman–Crippen MR) is 469 cm³/mol. The third-order valence-electron chi connectivity index (χ3n) is 37.5. The first-order valence-corrected chi connectivity index (χ1v) is 52.9. The van der Waals surface area contributed by atoms with Crippen LogP contribution in [0.15, 0.2) is 0 Å². The molecule has 0 aromatic heterocycles. The van der Waals surface area contributed by atoms with Gasteiger partial charge in [0.15, 0.2) is 0 Å². The Bertz CT molecular complexity index is 2180. The van der Waals surface area contributed by atoms with Crippen molar-refractivity contribution < 1.29 is 18.9 Å². The zero-order valence-electron chi connectivity index (χ0n) is 74.1. The molecular weight excluding hydrogens is 1340 g/mol. The summed E-state index contributed by atoms with van der Waals surface area (Å²) >= 11 is 0. The number of hydrogen-bond acceptors (Lipinski definition) is 4. The largest absolute Gasteiger partial charge is 0.378 e. The molecule has 4 nitrogen and oxygen atoms in total. The molecule has 0 radical (unpaired) electrons. The number of hydrogen-bond donors (Lipinski definition) is 0. The van der Waals surface area contributed by atoms with Crippen molar-refractivity contribution in [3.8, 4) is 0 Å². The fraction of sp³-hybridized carbons (Fsp3) is 1.00. The summed E-state index contributed by atoms with van der Waals surface area (Å²) in [6.07, 6.45) is 105. The van der Waals surface area contributed by atoms with Crippen LogP contribution in [0.1, 0.15) is 477 Å². The summed E-state index contributed by atoms with van der Waals surface area (Å²) in [6, 6.07) is 0. The molecule has 14 atom stereocenters. The molecule has 0 bridgehead atoms. The number of fused-ring (bicyclic) bond motifs is 2. The smallest absolute Gasteiger partial charge is 0.0610 e. The number of unbranched alkanes of at least 4 members (excludes halogenated alkanes) is 20. The van der Waals surface area contributed by atoms with E-state index < -0.39 is 0 Å². The molecular formula is C106H188O4. The Labute approximate surface area is 684 Å². The highest BCUT2D eigenvalue weighted by molar-refractivity contribution is 5.02. The Hall–Kier alpha value is -0.160. The quantitative estimate of drug-likeness (QED) is 0.0571. The average Bonchev–Trinajstić information content (AvgIpc) is 0.779. The van der Waals surface area contributed by atoms with Crippen LogP contribution in [-0.2, 0) is 18.9 Å². The maximum atomic E-state index is 7.35. The summed E-state index contributed by atoms with van der Waals surface area (Å²) in [5.41, 5.74) is 0. The van der Waals surface area contributed by atoms with Gasteiger partial charge in [-0.25, -0.2) is 0 Å². The lowest BCUT2D eigenvalue weighted by Gasteiger charge is -2.52. The summed E-state index contributed by atoms with van der Waals surface area (Å²) < 4.78 is 29.4. The number of rotatable bonds is 42. The fourth-order valence-corrected chi connectivity index (χ4v) is 31.1. The van der Waals surface area contributed by atoms with Gasteiger partial charge in [0.2, 0.25) is 0 Å². The maximum absolute atomic E-state index is 7.35. The van der Waals surface area contributed by atoms with E-state index in [4.69, 9.17) is 18.9 Å². The first-order chi connectivity index (χ1) is 54.4. The van der Waals surface area contributed by atoms with Crippen LogP contribution in [0.2, 0.25) is 0 Å². The van der Waals surface area contributed by atoms with E-state index in [0.29, 0.717) is 24.4 Å². The van der Waals surface area contributed by atoms with Gasteiger partial charge in [-0.2, -0.15) is 0 Å². The van der Waals surface area contributed by atoms with Gasteiger partial charge >= 0.3 is 0 Å². The van der Waals surface area contributed by atoms with Crippen molar-refractivity contribution >= 4 is 0 Å². The van der Waals surface area contributed by atoms with Crippen LogP contribution in [0.3, 0.4) is 0 Å². The topological polar surface area (TPSA) is 36.9 Å². The lowest BCUT2D eigenvalue weighted by atomic mass is 9.57. The zero-order valence-corrected chi connectivity index (χ0v) is 74.1. The fourth-order valence-electron chi connectivity index (χ4n) is 31.1. The van der Waals surface area contributed by atoms with Crippen LogP contribution < -0.4 is 0 Å². The Morgan fingerprint density at radius 2 is 0.318 bits per heavy atom. The molecule has 0 amide bonds. The van der Waals surface area contributed by atoms with E-state index in [-0.39, 0.29) is 0 Å². The zero-order chi connectivity index (χ0) is 75.3. The average molecular weight is 1530 g/mol. The highest BCUT2D eigenvalue weighted by atomic mass is 16.5. The molecule has 0 aromatic carbocycles. The first-order valence-electron chi connectivity index (χ1n) is 52.9. The molecule has 14 unspecified atom stereocenters. The lowest BCUT2D eigenvalue weighted by Crippen LogP contribution is -2.50. The standard InChI is InChI=1S/C106H188O4/c1-5-9-13-17-21-29-71-107-103-77-101(97-41-33-37-91-35-25-27-39-95(91)97)105(109-73-31-23-19-15-11-7-3)75-99(103)93-67-63-89(64-68-93)87-59-55-85(56-60-87)83-51-47-81(48-52-83)79-43-45-80(46-44-79)82-49-53-84(54-50-82)86-57-61-88(62-58-86)90-65-69-94(70-66-90)100-76-106(110-74-32-24-20-16-12-8-4)102(78-104(100)108-72-30-22-18-14-10-6-2)98-42-34-38-92-36-26-28-40-96(92)98/h79-106H,5-78H2,1-4H3. The normalized spacial score (nSPS) is 41.1. The van der Waals surface area contributed by atoms with Crippen LogP contribution in [-0.4, -0.2) is 50.8 Å². The van der Waals surface area contributed by atoms with Crippen molar-refractivity contribution in [3.05, 3.63) is 0 Å². The second-order valence-corrected chi connectivity index (χ2v) is 43.6. The molecule has 13 saturated carbocycles. The molecule has 13 fully saturated rings. The summed E-state index contributed by atoms with van der Waals surface area (Å²) in [7, 11) is 0. The van der Waals surface area contributed by atoms with Crippen LogP contribution in [0.5, 0.6) is 0 Å². The maximum Gasteiger partial charge on any atom is 0.0610 e. The molecule has 0 aromatic rings. The predicted octanol–water partition coefficient (Wildman–Crippen LogP) is 31.9. The summed E-state index contributed by atoms with van der Waals surface area (Å²) in [4.78, 5) is 0. The van der Waals surface area contributed by atoms with E-state index in [1.807, 2.05) is 0 Å². The lowest BCUT2D eigenvalue weighted by molar-refractivity contribution is -0.137. The van der Waals surface area contributed by atoms with E-state index in [1.54, 1.807) is 128 Å². The monoisotopic (exact) mass is 1530 g/mol. The van der Waals surface area contributed by atoms with Gasteiger partial charge in [0, 0.05) is 26.4 Å². The molecule has 0 spiro atoms. The van der Waals surface area contributed by atoms with Crippen LogP contribution >= 0.6 is 0 Å². The second-order valence-electron chi connectivity index (χ2n) is 43.6. The van der Waals surface area contributed by atoms with E-state index in [1.165, 1.54) is 321 Å². The van der Waals surface area contributed by atoms with E-state index in [2.05, 4.69) is 27.7 Å². The van der Waals surface area contributed by atoms with Crippen molar-refractivity contribution in [2.75, 3.05) is 26.4 Å². The van der Waals surface area contributed by atoms with Crippen molar-refractivity contribution in [2.24, 2.45) is 142 Å². The second kappa shape index (κ2) is 48.3. The van der Waals surface area contributed by atoms with Crippen molar-refractivity contribution in [1.82, 2.24) is 0 Å². The molecule has 110 heavy (non-hydrogen) atoms. The molecule has 0 aliphatic heterocycles. The van der Waals surface area contributed by atoms with Gasteiger partial charge in [-0.1, -0.05) is 220 Å². The third-order valence-corrected chi connectivity index (χ3v) is 37.5. The SMILES string of the molecule is CCCCCCCCOC1CC(C2CCCC3CCCCC32)C(OCCCCCCCC)CC1C1CCC(C2CCC(C3CCC(C4CCC(C5CCC(C6CCC(C7CCC(C8CC(OCCCCCCCC)C(C9CCCC%10CCCCC%109)CC8OCCCCCCCC)CC7)CC6)CC5)CC4)CC3)CC2)CC1. The van der Waals surface area contributed by atoms with Gasteiger partial charge in [0.1, 0.15) is 0 Å². The molecule has 0 heterocycles. The van der Waals surface area contributed by atoms with Crippen molar-refractivity contribution in [2.45, 2.75) is 502 Å². The summed E-state index contributed by atoms with van der Waals surface area (Å²) in [6.45, 7) is 13.5. The van der Waals surface area contributed by atoms with Crippen molar-refractivity contribution in [1.29, 1.82) is 0 Å². The Morgan fingerprint density at radius 3 is 0.564 bits per heavy atom. The van der Waals surface area contributed by atoms with E-state index in [9.17, 15) is 0 Å². The summed E-state index contributed by atoms with van der Waals surface area (Å²) in [5.74, 6) is 22.9. The van der Waals surface area contributed by atoms with Gasteiger partial charge in [0.05, 0.1) is 24.4 Å². The van der Waals surface area contributed by atoms with Gasteiger partial charge in [-0.15, -0.1) is 0 Å². The highest BCUT2D eigenvalue weighted by Crippen LogP contribution is 2.58. The summed E-state index contributed by atoms with van der Waals surface area (Å²) in [5, 5.41) is 0. The van der Waals surface area contributed by atoms with Crippen LogP contribution in [0.4, 0.5) is 0 Å². The first kappa shape index (κ1) is 87.7. The van der Waals surface area contributed by atoms with Gasteiger partial charge < -0.3 is 18.9 Å². The molecule has 13 aliphatic rings. The molecule has 0 N–H and O–H groups in total. The molecule has 0 saturated heterocycles. The molecule has 636 valence electrons. The van der Waals surface area contributed by atoms with Crippen molar-refractivity contribution in [3.63, 3.8) is 0 Å². The van der Waals surface area contributed by atoms with Gasteiger partial charge in [-0.05, 0) is 399 Å². The van der Waals surface area contributed by atoms with Gasteiger partial charge in [0.25, 0.3) is 0 Å². The third kappa shape index (κ3) is 25.5. The van der Waals surface area contributed by atoms with E-state index in [0.717, 1.165) is 168 Å². The Morgan fingerprint density at radius 1 is 0.145 bits per heavy atom. The minimum atomic E-state index is 0.479. The Kier molecular flexibility index (Phi) is 38.5. The van der Waals surface area contributed by atoms with E-state index >= 15 is 0 Å². The highest BCUT2D eigenvalue weighted by Gasteiger charge is 2.52. The number of ether oxygens (including phenoxy) is 4. The van der Waals surface area contributed by atoms with Gasteiger partial charge in [-0.3, -0.25) is 0 Å². The molecule has 13 rings (SSSR count). The van der Waals surface area contributed by atoms with Crippen LogP contribution in [0, 0.1) is 142 Å². The minimum Gasteiger partial charge on any atom is -0.378 e. The molecule has 13 aliphatic carbocycles. The van der Waals surface area contributed by atoms with Crippen LogP contribution in [0.25, 0.3) is 0 Å².